The number of urea groups is 1. The third-order valence-corrected chi connectivity index (χ3v) is 7.83. The summed E-state index contributed by atoms with van der Waals surface area (Å²) in [5.41, 5.74) is 6.44. The van der Waals surface area contributed by atoms with Gasteiger partial charge in [0.1, 0.15) is 0 Å². The van der Waals surface area contributed by atoms with Crippen LogP contribution in [0, 0.1) is 0 Å². The Morgan fingerprint density at radius 1 is 0.972 bits per heavy atom. The fourth-order valence-corrected chi connectivity index (χ4v) is 5.86. The van der Waals surface area contributed by atoms with Crippen molar-refractivity contribution < 1.29 is 31.7 Å². The molecule has 3 amide bonds. The van der Waals surface area contributed by atoms with Gasteiger partial charge >= 0.3 is 22.1 Å². The Morgan fingerprint density at radius 2 is 1.72 bits per heavy atom. The first-order valence-corrected chi connectivity index (χ1v) is 13.0. The third kappa shape index (κ3) is 4.55. The molecule has 0 bridgehead atoms. The van der Waals surface area contributed by atoms with Gasteiger partial charge in [-0.1, -0.05) is 30.3 Å². The minimum Gasteiger partial charge on any atom is -0.493 e. The fraction of sp³-hybridized carbons (Fsp3) is 0.308. The van der Waals surface area contributed by atoms with Crippen molar-refractivity contribution in [3.63, 3.8) is 0 Å². The minimum absolute atomic E-state index is 0.0415. The number of amides is 3. The number of benzene rings is 3. The summed E-state index contributed by atoms with van der Waals surface area (Å²) in [5, 5.41) is 1.14. The summed E-state index contributed by atoms with van der Waals surface area (Å²) >= 11 is 0. The van der Waals surface area contributed by atoms with E-state index in [4.69, 9.17) is 19.4 Å². The van der Waals surface area contributed by atoms with Crippen LogP contribution in [-0.4, -0.2) is 41.1 Å². The van der Waals surface area contributed by atoms with Gasteiger partial charge in [-0.05, 0) is 54.5 Å². The van der Waals surface area contributed by atoms with Gasteiger partial charge in [0, 0.05) is 5.39 Å². The Morgan fingerprint density at radius 3 is 2.44 bits per heavy atom. The number of carbonyl (C=O) groups excluding carboxylic acids is 2. The summed E-state index contributed by atoms with van der Waals surface area (Å²) in [7, 11) is -1.44. The van der Waals surface area contributed by atoms with Crippen LogP contribution in [0.2, 0.25) is 0 Å². The Hall–Kier alpha value is -3.47. The number of rotatable bonds is 7. The quantitative estimate of drug-likeness (QED) is 0.370. The molecule has 3 aromatic carbocycles. The standard InChI is InChI=1S/C26H28N2O7S/c1-33-21-13-11-18(16-22(21)34-2)17-35-36(31,32)23-14-12-19-8-5-6-9-20(19)25(23)28(26(27)30)15-7-3-4-10-24(28)29/h5-6,8-9,11-14,16H,3-4,7,10,15,17H2,1-2H3,(H-,27,30)/p+1. The van der Waals surface area contributed by atoms with Crippen molar-refractivity contribution >= 4 is 38.5 Å². The highest BCUT2D eigenvalue weighted by molar-refractivity contribution is 7.87. The van der Waals surface area contributed by atoms with E-state index in [1.807, 2.05) is 0 Å². The molecule has 3 aromatic rings. The molecule has 1 heterocycles. The van der Waals surface area contributed by atoms with Crippen molar-refractivity contribution in [1.29, 1.82) is 0 Å². The van der Waals surface area contributed by atoms with Crippen LogP contribution in [0.4, 0.5) is 10.5 Å². The third-order valence-electron chi connectivity index (χ3n) is 6.53. The Bertz CT molecular complexity index is 1420. The lowest BCUT2D eigenvalue weighted by Gasteiger charge is -2.32. The Kier molecular flexibility index (Phi) is 7.30. The van der Waals surface area contributed by atoms with Gasteiger partial charge in [-0.15, -0.1) is 4.48 Å². The number of fused-ring (bicyclic) bond motifs is 1. The first-order valence-electron chi connectivity index (χ1n) is 11.6. The van der Waals surface area contributed by atoms with Crippen molar-refractivity contribution in [3.8, 4) is 11.5 Å². The van der Waals surface area contributed by atoms with Crippen LogP contribution in [0.3, 0.4) is 0 Å². The van der Waals surface area contributed by atoms with Crippen molar-refractivity contribution in [2.75, 3.05) is 20.8 Å². The predicted octanol–water partition coefficient (Wildman–Crippen LogP) is 4.25. The molecule has 1 aliphatic heterocycles. The van der Waals surface area contributed by atoms with Crippen molar-refractivity contribution in [3.05, 3.63) is 60.2 Å². The number of primary amides is 1. The van der Waals surface area contributed by atoms with Crippen LogP contribution in [0.25, 0.3) is 10.8 Å². The maximum atomic E-state index is 13.6. The molecule has 1 atom stereocenters. The van der Waals surface area contributed by atoms with Gasteiger partial charge in [0.2, 0.25) is 0 Å². The highest BCUT2D eigenvalue weighted by Crippen LogP contribution is 2.41. The van der Waals surface area contributed by atoms with Crippen LogP contribution >= 0.6 is 0 Å². The number of methoxy groups -OCH3 is 2. The maximum absolute atomic E-state index is 13.6. The van der Waals surface area contributed by atoms with Crippen molar-refractivity contribution in [2.24, 2.45) is 5.73 Å². The molecule has 0 aliphatic carbocycles. The zero-order valence-electron chi connectivity index (χ0n) is 20.2. The van der Waals surface area contributed by atoms with Crippen LogP contribution in [0.5, 0.6) is 11.5 Å². The monoisotopic (exact) mass is 513 g/mol. The number of imide groups is 1. The largest absolute Gasteiger partial charge is 0.493 e. The van der Waals surface area contributed by atoms with Crippen LogP contribution in [0.15, 0.2) is 59.5 Å². The van der Waals surface area contributed by atoms with Gasteiger partial charge in [0.15, 0.2) is 22.1 Å². The number of nitrogens with zero attached hydrogens (tertiary/aromatic N) is 1. The molecule has 0 aromatic heterocycles. The Labute approximate surface area is 210 Å². The van der Waals surface area contributed by atoms with E-state index in [9.17, 15) is 18.0 Å². The highest BCUT2D eigenvalue weighted by Gasteiger charge is 2.50. The summed E-state index contributed by atoms with van der Waals surface area (Å²) < 4.78 is 42.3. The van der Waals surface area contributed by atoms with E-state index in [-0.39, 0.29) is 30.2 Å². The normalized spacial score (nSPS) is 18.6. The van der Waals surface area contributed by atoms with Crippen molar-refractivity contribution in [1.82, 2.24) is 4.48 Å². The molecule has 0 saturated carbocycles. The van der Waals surface area contributed by atoms with Gasteiger partial charge in [-0.2, -0.15) is 8.42 Å². The summed E-state index contributed by atoms with van der Waals surface area (Å²) in [6, 6.07) is 14.0. The topological polar surface area (TPSA) is 122 Å². The molecule has 4 rings (SSSR count). The zero-order chi connectivity index (χ0) is 25.9. The summed E-state index contributed by atoms with van der Waals surface area (Å²) in [4.78, 5) is 26.2. The maximum Gasteiger partial charge on any atom is 0.426 e. The SMILES string of the molecule is COc1ccc(COS(=O)(=O)c2ccc3ccccc3c2[N+]2(C(N)=O)CCCCCC2=O)cc1OC. The van der Waals surface area contributed by atoms with Gasteiger partial charge in [-0.25, -0.2) is 9.59 Å². The lowest BCUT2D eigenvalue weighted by Crippen LogP contribution is -2.61. The second kappa shape index (κ2) is 10.3. The molecule has 10 heteroatoms. The molecule has 0 spiro atoms. The van der Waals surface area contributed by atoms with Gasteiger partial charge < -0.3 is 15.2 Å². The molecule has 0 radical (unpaired) electrons. The van der Waals surface area contributed by atoms with E-state index in [2.05, 4.69) is 0 Å². The number of hydrogen-bond acceptors (Lipinski definition) is 7. The van der Waals surface area contributed by atoms with E-state index in [1.165, 1.54) is 20.3 Å². The summed E-state index contributed by atoms with van der Waals surface area (Å²) in [5.74, 6) is 0.497. The van der Waals surface area contributed by atoms with Gasteiger partial charge in [0.05, 0.1) is 33.8 Å². The number of ether oxygens (including phenoxy) is 2. The number of carbonyl (C=O) groups is 2. The van der Waals surface area contributed by atoms with E-state index < -0.39 is 26.5 Å². The fourth-order valence-electron chi connectivity index (χ4n) is 4.71. The lowest BCUT2D eigenvalue weighted by molar-refractivity contribution is -0.127. The number of likely N-dealkylation sites (tertiary alicyclic amines) is 1. The molecule has 1 unspecified atom stereocenters. The molecule has 2 N–H and O–H groups in total. The van der Waals surface area contributed by atoms with E-state index in [0.717, 1.165) is 6.42 Å². The number of nitrogens with two attached hydrogens (primary N) is 1. The first-order chi connectivity index (χ1) is 17.2. The second-order valence-corrected chi connectivity index (χ2v) is 10.2. The summed E-state index contributed by atoms with van der Waals surface area (Å²) in [6.45, 7) is -0.208. The molecule has 190 valence electrons. The number of hydrogen-bond donors (Lipinski definition) is 1. The first kappa shape index (κ1) is 25.6. The molecular weight excluding hydrogens is 484 g/mol. The van der Waals surface area contributed by atoms with Gasteiger partial charge in [0.25, 0.3) is 0 Å². The minimum atomic E-state index is -4.42. The average Bonchev–Trinajstić information content (AvgIpc) is 3.08. The molecule has 1 saturated heterocycles. The smallest absolute Gasteiger partial charge is 0.426 e. The predicted molar refractivity (Wildman–Crippen MR) is 135 cm³/mol. The highest BCUT2D eigenvalue weighted by atomic mass is 32.2. The van der Waals surface area contributed by atoms with Crippen molar-refractivity contribution in [2.45, 2.75) is 37.2 Å². The molecule has 36 heavy (non-hydrogen) atoms. The van der Waals surface area contributed by atoms with E-state index in [1.54, 1.807) is 48.5 Å². The van der Waals surface area contributed by atoms with Crippen LogP contribution in [-0.2, 0) is 25.7 Å². The van der Waals surface area contributed by atoms with E-state index in [0.29, 0.717) is 40.7 Å². The molecule has 1 aliphatic rings. The summed E-state index contributed by atoms with van der Waals surface area (Å²) in [6.07, 6.45) is 2.01. The molecule has 9 nitrogen and oxygen atoms in total. The lowest BCUT2D eigenvalue weighted by atomic mass is 10.1. The van der Waals surface area contributed by atoms with Crippen LogP contribution < -0.4 is 19.7 Å². The Balaban J connectivity index is 1.85. The van der Waals surface area contributed by atoms with Crippen LogP contribution in [0.1, 0.15) is 31.2 Å². The average molecular weight is 514 g/mol. The molecular formula is C26H29N2O7S+. The van der Waals surface area contributed by atoms with Gasteiger partial charge in [-0.3, -0.25) is 4.18 Å². The second-order valence-electron chi connectivity index (χ2n) is 8.62. The molecule has 1 fully saturated rings. The zero-order valence-corrected chi connectivity index (χ0v) is 21.0. The van der Waals surface area contributed by atoms with E-state index >= 15 is 0 Å². The number of quaternary nitrogens is 1.